The molecule has 0 bridgehead atoms. The number of hydrogen-bond donors (Lipinski definition) is 2. The van der Waals surface area contributed by atoms with Gasteiger partial charge in [-0.3, -0.25) is 9.59 Å². The molecule has 128 valence electrons. The average Bonchev–Trinajstić information content (AvgIpc) is 3.04. The van der Waals surface area contributed by atoms with Crippen LogP contribution >= 0.6 is 0 Å². The minimum atomic E-state index is -0.568. The van der Waals surface area contributed by atoms with Crippen LogP contribution in [0.4, 0.5) is 6.01 Å². The van der Waals surface area contributed by atoms with Gasteiger partial charge in [0.05, 0.1) is 0 Å². The van der Waals surface area contributed by atoms with Crippen molar-refractivity contribution in [1.82, 2.24) is 15.6 Å². The first-order valence-corrected chi connectivity index (χ1v) is 8.34. The molecule has 0 spiro atoms. The smallest absolute Gasteiger partial charge is 0.309 e. The fraction of sp³-hybridized carbons (Fsp3) is 0.471. The third-order valence-electron chi connectivity index (χ3n) is 4.26. The number of aromatic nitrogens is 1. The van der Waals surface area contributed by atoms with E-state index in [0.717, 1.165) is 37.0 Å². The number of benzene rings is 1. The topological polar surface area (TPSA) is 87.5 Å². The second-order valence-corrected chi connectivity index (χ2v) is 5.96. The highest BCUT2D eigenvalue weighted by Crippen LogP contribution is 2.25. The van der Waals surface area contributed by atoms with E-state index in [2.05, 4.69) is 20.5 Å². The largest absolute Gasteiger partial charge is 0.423 e. The van der Waals surface area contributed by atoms with Crippen LogP contribution in [0, 0.1) is 5.92 Å². The van der Waals surface area contributed by atoms with E-state index in [1.54, 1.807) is 6.92 Å². The summed E-state index contributed by atoms with van der Waals surface area (Å²) >= 11 is 0. The lowest BCUT2D eigenvalue weighted by atomic mass is 9.97. The number of carbonyl (C=O) groups excluding carboxylic acids is 2. The number of carbonyl (C=O) groups is 2. The van der Waals surface area contributed by atoms with Gasteiger partial charge < -0.3 is 20.0 Å². The normalized spacial score (nSPS) is 15.5. The second kappa shape index (κ2) is 7.33. The monoisotopic (exact) mass is 330 g/mol. The number of anilines is 1. The van der Waals surface area contributed by atoms with Crippen molar-refractivity contribution in [1.29, 1.82) is 0 Å². The number of fused-ring (bicyclic) bond motifs is 1. The maximum Gasteiger partial charge on any atom is 0.309 e. The Kier molecular flexibility index (Phi) is 4.98. The van der Waals surface area contributed by atoms with E-state index in [0.29, 0.717) is 25.0 Å². The Labute approximate surface area is 140 Å². The molecule has 2 aromatic rings. The molecule has 0 atom stereocenters. The first-order valence-electron chi connectivity index (χ1n) is 8.34. The molecule has 0 aliphatic carbocycles. The van der Waals surface area contributed by atoms with Gasteiger partial charge in [-0.25, -0.2) is 0 Å². The van der Waals surface area contributed by atoms with Crippen molar-refractivity contribution in [2.24, 2.45) is 5.92 Å². The van der Waals surface area contributed by atoms with Crippen molar-refractivity contribution in [3.63, 3.8) is 0 Å². The third-order valence-corrected chi connectivity index (χ3v) is 4.26. The lowest BCUT2D eigenvalue weighted by molar-refractivity contribution is -0.139. The van der Waals surface area contributed by atoms with Crippen LogP contribution in [0.2, 0.25) is 0 Å². The Morgan fingerprint density at radius 1 is 1.21 bits per heavy atom. The summed E-state index contributed by atoms with van der Waals surface area (Å²) in [5.41, 5.74) is 1.66. The van der Waals surface area contributed by atoms with Crippen molar-refractivity contribution >= 4 is 28.9 Å². The number of para-hydroxylation sites is 2. The van der Waals surface area contributed by atoms with Crippen molar-refractivity contribution in [2.75, 3.05) is 31.1 Å². The van der Waals surface area contributed by atoms with Gasteiger partial charge in [0.1, 0.15) is 5.52 Å². The zero-order chi connectivity index (χ0) is 16.9. The quantitative estimate of drug-likeness (QED) is 0.825. The summed E-state index contributed by atoms with van der Waals surface area (Å²) in [6, 6.07) is 8.38. The maximum absolute atomic E-state index is 11.6. The predicted molar refractivity (Wildman–Crippen MR) is 90.6 cm³/mol. The lowest BCUT2D eigenvalue weighted by Crippen LogP contribution is -2.43. The van der Waals surface area contributed by atoms with Crippen LogP contribution in [0.15, 0.2) is 28.7 Å². The number of oxazole rings is 1. The molecule has 0 unspecified atom stereocenters. The zero-order valence-corrected chi connectivity index (χ0v) is 13.7. The Hall–Kier alpha value is -2.57. The molecule has 1 fully saturated rings. The molecule has 2 heterocycles. The predicted octanol–water partition coefficient (Wildman–Crippen LogP) is 1.30. The summed E-state index contributed by atoms with van der Waals surface area (Å²) in [7, 11) is 0. The number of piperidine rings is 1. The molecule has 1 aromatic heterocycles. The first kappa shape index (κ1) is 16.3. The fourth-order valence-electron chi connectivity index (χ4n) is 2.88. The number of amides is 2. The summed E-state index contributed by atoms with van der Waals surface area (Å²) in [4.78, 5) is 29.6. The molecule has 7 heteroatoms. The molecule has 1 aliphatic rings. The minimum absolute atomic E-state index is 0.365. The minimum Gasteiger partial charge on any atom is -0.423 e. The lowest BCUT2D eigenvalue weighted by Gasteiger charge is -2.30. The molecule has 1 aliphatic heterocycles. The Balaban J connectivity index is 1.49. The van der Waals surface area contributed by atoms with Gasteiger partial charge in [0.15, 0.2) is 5.58 Å². The van der Waals surface area contributed by atoms with Crippen LogP contribution in [-0.2, 0) is 9.59 Å². The molecule has 1 saturated heterocycles. The van der Waals surface area contributed by atoms with Crippen LogP contribution in [0.5, 0.6) is 0 Å². The third kappa shape index (κ3) is 3.67. The van der Waals surface area contributed by atoms with E-state index in [4.69, 9.17) is 4.42 Å². The molecule has 2 N–H and O–H groups in total. The van der Waals surface area contributed by atoms with E-state index < -0.39 is 11.8 Å². The fourth-order valence-corrected chi connectivity index (χ4v) is 2.88. The molecule has 3 rings (SSSR count). The van der Waals surface area contributed by atoms with Gasteiger partial charge in [-0.1, -0.05) is 12.1 Å². The standard InChI is InChI=1S/C17H22N4O3/c1-2-18-15(22)16(23)19-11-12-7-9-21(10-8-12)17-20-13-5-3-4-6-14(13)24-17/h3-6,12H,2,7-11H2,1H3,(H,18,22)(H,19,23). The van der Waals surface area contributed by atoms with E-state index in [1.165, 1.54) is 0 Å². The van der Waals surface area contributed by atoms with E-state index in [-0.39, 0.29) is 0 Å². The van der Waals surface area contributed by atoms with Crippen LogP contribution in [0.3, 0.4) is 0 Å². The maximum atomic E-state index is 11.6. The van der Waals surface area contributed by atoms with Gasteiger partial charge in [-0.05, 0) is 37.8 Å². The molecule has 24 heavy (non-hydrogen) atoms. The molecule has 0 saturated carbocycles. The summed E-state index contributed by atoms with van der Waals surface area (Å²) in [5.74, 6) is -0.761. The molecular weight excluding hydrogens is 308 g/mol. The van der Waals surface area contributed by atoms with Crippen LogP contribution in [-0.4, -0.2) is 43.0 Å². The number of likely N-dealkylation sites (N-methyl/N-ethyl adjacent to an activating group) is 1. The van der Waals surface area contributed by atoms with Crippen molar-refractivity contribution in [2.45, 2.75) is 19.8 Å². The van der Waals surface area contributed by atoms with Gasteiger partial charge >= 0.3 is 11.8 Å². The van der Waals surface area contributed by atoms with Gasteiger partial charge in [0.25, 0.3) is 6.01 Å². The number of nitrogens with one attached hydrogen (secondary N) is 2. The summed E-state index contributed by atoms with van der Waals surface area (Å²) < 4.78 is 5.79. The molecule has 0 radical (unpaired) electrons. The van der Waals surface area contributed by atoms with Gasteiger partial charge in [0.2, 0.25) is 0 Å². The Morgan fingerprint density at radius 2 is 1.92 bits per heavy atom. The van der Waals surface area contributed by atoms with Crippen molar-refractivity contribution in [3.05, 3.63) is 24.3 Å². The van der Waals surface area contributed by atoms with Crippen LogP contribution < -0.4 is 15.5 Å². The van der Waals surface area contributed by atoms with Gasteiger partial charge in [-0.2, -0.15) is 4.98 Å². The van der Waals surface area contributed by atoms with E-state index in [1.807, 2.05) is 24.3 Å². The average molecular weight is 330 g/mol. The van der Waals surface area contributed by atoms with E-state index in [9.17, 15) is 9.59 Å². The van der Waals surface area contributed by atoms with Crippen molar-refractivity contribution < 1.29 is 14.0 Å². The highest BCUT2D eigenvalue weighted by molar-refractivity contribution is 6.35. The summed E-state index contributed by atoms with van der Waals surface area (Å²) in [5, 5.41) is 5.20. The zero-order valence-electron chi connectivity index (χ0n) is 13.7. The molecule has 7 nitrogen and oxygen atoms in total. The van der Waals surface area contributed by atoms with Gasteiger partial charge in [-0.15, -0.1) is 0 Å². The number of nitrogens with zero attached hydrogens (tertiary/aromatic N) is 2. The second-order valence-electron chi connectivity index (χ2n) is 5.96. The Bertz CT molecular complexity index is 686. The number of hydrogen-bond acceptors (Lipinski definition) is 5. The van der Waals surface area contributed by atoms with Gasteiger partial charge in [0, 0.05) is 26.2 Å². The molecule has 1 aromatic carbocycles. The Morgan fingerprint density at radius 3 is 2.62 bits per heavy atom. The molecule has 2 amide bonds. The highest BCUT2D eigenvalue weighted by atomic mass is 16.4. The summed E-state index contributed by atoms with van der Waals surface area (Å²) in [6.45, 7) is 4.42. The summed E-state index contributed by atoms with van der Waals surface area (Å²) in [6.07, 6.45) is 1.85. The highest BCUT2D eigenvalue weighted by Gasteiger charge is 2.23. The molecular formula is C17H22N4O3. The SMILES string of the molecule is CCNC(=O)C(=O)NCC1CCN(c2nc3ccccc3o2)CC1. The first-order chi connectivity index (χ1) is 11.7. The van der Waals surface area contributed by atoms with Crippen LogP contribution in [0.25, 0.3) is 11.1 Å². The number of rotatable bonds is 4. The van der Waals surface area contributed by atoms with Crippen LogP contribution in [0.1, 0.15) is 19.8 Å². The van der Waals surface area contributed by atoms with E-state index >= 15 is 0 Å². The van der Waals surface area contributed by atoms with Crippen molar-refractivity contribution in [3.8, 4) is 0 Å².